The number of para-hydroxylation sites is 5. The second-order valence-electron chi connectivity index (χ2n) is 16.1. The highest BCUT2D eigenvalue weighted by molar-refractivity contribution is 6.20. The third-order valence-corrected chi connectivity index (χ3v) is 12.7. The number of aromatic nitrogens is 2. The zero-order valence-electron chi connectivity index (χ0n) is 33.6. The van der Waals surface area contributed by atoms with E-state index in [1.807, 2.05) is 6.07 Å². The molecule has 0 saturated heterocycles. The standard InChI is InChI=1S/C58H37N3O/c1-2-15-41(16-3-1)59-51-23-10-7-20-49(51)56-52(59)24-13-25-53(56)60(54-26-12-21-48-46-19-8-11-27-55(46)62-58(48)54)42-33-28-38(29-34-42)39-30-35-43(36-31-39)61-50-22-9-6-18-45(50)47-37-32-40-14-4-5-17-44(40)57(47)61/h1-37H. The van der Waals surface area contributed by atoms with Gasteiger partial charge in [-0.2, -0.15) is 0 Å². The van der Waals surface area contributed by atoms with Crippen LogP contribution in [0.1, 0.15) is 0 Å². The highest BCUT2D eigenvalue weighted by Crippen LogP contribution is 2.47. The van der Waals surface area contributed by atoms with Crippen LogP contribution in [0.25, 0.3) is 98.8 Å². The number of hydrogen-bond acceptors (Lipinski definition) is 2. The molecule has 0 aliphatic heterocycles. The van der Waals surface area contributed by atoms with Gasteiger partial charge in [0.2, 0.25) is 0 Å². The summed E-state index contributed by atoms with van der Waals surface area (Å²) in [6, 6.07) is 80.8. The summed E-state index contributed by atoms with van der Waals surface area (Å²) in [4.78, 5) is 2.38. The fraction of sp³-hybridized carbons (Fsp3) is 0. The molecule has 10 aromatic carbocycles. The summed E-state index contributed by atoms with van der Waals surface area (Å²) in [5.74, 6) is 0. The Labute approximate surface area is 357 Å². The third kappa shape index (κ3) is 5.14. The minimum atomic E-state index is 0.856. The molecule has 3 heterocycles. The maximum absolute atomic E-state index is 6.74. The summed E-state index contributed by atoms with van der Waals surface area (Å²) < 4.78 is 11.5. The van der Waals surface area contributed by atoms with E-state index in [2.05, 4.69) is 232 Å². The molecule has 0 unspecified atom stereocenters. The summed E-state index contributed by atoms with van der Waals surface area (Å²) in [6.45, 7) is 0. The van der Waals surface area contributed by atoms with Crippen molar-refractivity contribution in [3.63, 3.8) is 0 Å². The van der Waals surface area contributed by atoms with E-state index in [-0.39, 0.29) is 0 Å². The first-order valence-corrected chi connectivity index (χ1v) is 21.2. The number of rotatable bonds is 6. The van der Waals surface area contributed by atoms with Gasteiger partial charge in [-0.25, -0.2) is 0 Å². The Bertz CT molecular complexity index is 3850. The Morgan fingerprint density at radius 3 is 1.73 bits per heavy atom. The molecule has 4 heteroatoms. The first-order chi connectivity index (χ1) is 30.8. The normalized spacial score (nSPS) is 11.9. The van der Waals surface area contributed by atoms with Gasteiger partial charge in [0.25, 0.3) is 0 Å². The quantitative estimate of drug-likeness (QED) is 0.168. The van der Waals surface area contributed by atoms with Crippen LogP contribution < -0.4 is 4.90 Å². The number of anilines is 3. The van der Waals surface area contributed by atoms with E-state index in [1.165, 1.54) is 43.4 Å². The van der Waals surface area contributed by atoms with E-state index in [4.69, 9.17) is 4.42 Å². The van der Waals surface area contributed by atoms with Crippen LogP contribution in [0.4, 0.5) is 17.1 Å². The van der Waals surface area contributed by atoms with Crippen LogP contribution >= 0.6 is 0 Å². The fourth-order valence-electron chi connectivity index (χ4n) is 9.96. The molecule has 0 N–H and O–H groups in total. The lowest BCUT2D eigenvalue weighted by Crippen LogP contribution is -2.10. The van der Waals surface area contributed by atoms with E-state index in [9.17, 15) is 0 Å². The Balaban J connectivity index is 0.973. The van der Waals surface area contributed by atoms with Crippen LogP contribution in [-0.4, -0.2) is 9.13 Å². The number of fused-ring (bicyclic) bond motifs is 11. The lowest BCUT2D eigenvalue weighted by molar-refractivity contribution is 0.669. The molecule has 0 atom stereocenters. The molecular weight excluding hydrogens is 755 g/mol. The summed E-state index contributed by atoms with van der Waals surface area (Å²) in [6.07, 6.45) is 0. The second kappa shape index (κ2) is 13.6. The smallest absolute Gasteiger partial charge is 0.159 e. The fourth-order valence-corrected chi connectivity index (χ4v) is 9.96. The van der Waals surface area contributed by atoms with Gasteiger partial charge in [-0.05, 0) is 89.3 Å². The number of benzene rings is 10. The van der Waals surface area contributed by atoms with Crippen molar-refractivity contribution in [2.24, 2.45) is 0 Å². The molecule has 13 rings (SSSR count). The van der Waals surface area contributed by atoms with E-state index in [0.717, 1.165) is 72.5 Å². The van der Waals surface area contributed by atoms with Crippen LogP contribution in [-0.2, 0) is 0 Å². The largest absolute Gasteiger partial charge is 0.454 e. The number of nitrogens with zero attached hydrogens (tertiary/aromatic N) is 3. The Kier molecular flexibility index (Phi) is 7.57. The zero-order chi connectivity index (χ0) is 40.7. The minimum absolute atomic E-state index is 0.856. The minimum Gasteiger partial charge on any atom is -0.454 e. The molecule has 3 aromatic heterocycles. The summed E-state index contributed by atoms with van der Waals surface area (Å²) >= 11 is 0. The molecule has 0 radical (unpaired) electrons. The van der Waals surface area contributed by atoms with Crippen molar-refractivity contribution in [3.8, 4) is 22.5 Å². The maximum atomic E-state index is 6.74. The van der Waals surface area contributed by atoms with Crippen molar-refractivity contribution in [2.75, 3.05) is 4.90 Å². The third-order valence-electron chi connectivity index (χ3n) is 12.7. The second-order valence-corrected chi connectivity index (χ2v) is 16.1. The molecule has 0 amide bonds. The molecule has 290 valence electrons. The molecule has 13 aromatic rings. The highest BCUT2D eigenvalue weighted by Gasteiger charge is 2.24. The summed E-state index contributed by atoms with van der Waals surface area (Å²) in [5, 5.41) is 9.59. The first kappa shape index (κ1) is 34.5. The van der Waals surface area contributed by atoms with Crippen molar-refractivity contribution in [1.82, 2.24) is 9.13 Å². The first-order valence-electron chi connectivity index (χ1n) is 21.2. The van der Waals surface area contributed by atoms with Crippen molar-refractivity contribution >= 4 is 93.4 Å². The van der Waals surface area contributed by atoms with Crippen LogP contribution in [0.5, 0.6) is 0 Å². The SMILES string of the molecule is c1ccc(-n2c3ccccc3c3c(N(c4ccc(-c5ccc(-n6c7ccccc7c7ccc8ccccc8c76)cc5)cc4)c4cccc5c4oc4ccccc45)cccc32)cc1. The highest BCUT2D eigenvalue weighted by atomic mass is 16.3. The van der Waals surface area contributed by atoms with Gasteiger partial charge >= 0.3 is 0 Å². The average molecular weight is 792 g/mol. The van der Waals surface area contributed by atoms with Crippen LogP contribution in [0.3, 0.4) is 0 Å². The molecule has 0 fully saturated rings. The Morgan fingerprint density at radius 1 is 0.339 bits per heavy atom. The predicted molar refractivity (Wildman–Crippen MR) is 260 cm³/mol. The van der Waals surface area contributed by atoms with E-state index in [1.54, 1.807) is 0 Å². The van der Waals surface area contributed by atoms with Crippen molar-refractivity contribution in [2.45, 2.75) is 0 Å². The van der Waals surface area contributed by atoms with Gasteiger partial charge in [-0.3, -0.25) is 0 Å². The van der Waals surface area contributed by atoms with Crippen LogP contribution in [0.15, 0.2) is 229 Å². The van der Waals surface area contributed by atoms with E-state index in [0.29, 0.717) is 0 Å². The van der Waals surface area contributed by atoms with Gasteiger partial charge in [-0.15, -0.1) is 0 Å². The van der Waals surface area contributed by atoms with Crippen molar-refractivity contribution < 1.29 is 4.42 Å². The average Bonchev–Trinajstić information content (AvgIpc) is 4.01. The summed E-state index contributed by atoms with van der Waals surface area (Å²) in [7, 11) is 0. The zero-order valence-corrected chi connectivity index (χ0v) is 33.6. The molecule has 0 aliphatic rings. The Hall–Kier alpha value is -8.34. The molecule has 0 bridgehead atoms. The van der Waals surface area contributed by atoms with Crippen molar-refractivity contribution in [1.29, 1.82) is 0 Å². The maximum Gasteiger partial charge on any atom is 0.159 e. The molecule has 0 spiro atoms. The molecular formula is C58H37N3O. The molecule has 0 saturated carbocycles. The Morgan fingerprint density at radius 2 is 0.919 bits per heavy atom. The topological polar surface area (TPSA) is 26.2 Å². The van der Waals surface area contributed by atoms with Gasteiger partial charge in [0.1, 0.15) is 5.58 Å². The van der Waals surface area contributed by atoms with E-state index >= 15 is 0 Å². The molecule has 62 heavy (non-hydrogen) atoms. The lowest BCUT2D eigenvalue weighted by Gasteiger charge is -2.27. The van der Waals surface area contributed by atoms with Gasteiger partial charge in [-0.1, -0.05) is 152 Å². The number of furan rings is 1. The lowest BCUT2D eigenvalue weighted by atomic mass is 10.0. The van der Waals surface area contributed by atoms with Crippen LogP contribution in [0, 0.1) is 0 Å². The number of hydrogen-bond donors (Lipinski definition) is 0. The van der Waals surface area contributed by atoms with Crippen LogP contribution in [0.2, 0.25) is 0 Å². The predicted octanol–water partition coefficient (Wildman–Crippen LogP) is 16.1. The monoisotopic (exact) mass is 791 g/mol. The molecule has 0 aliphatic carbocycles. The van der Waals surface area contributed by atoms with Gasteiger partial charge in [0.05, 0.1) is 33.4 Å². The summed E-state index contributed by atoms with van der Waals surface area (Å²) in [5.41, 5.74) is 14.2. The van der Waals surface area contributed by atoms with E-state index < -0.39 is 0 Å². The molecule has 4 nitrogen and oxygen atoms in total. The van der Waals surface area contributed by atoms with Gasteiger partial charge in [0, 0.05) is 54.8 Å². The van der Waals surface area contributed by atoms with Gasteiger partial charge < -0.3 is 18.5 Å². The van der Waals surface area contributed by atoms with Gasteiger partial charge in [0.15, 0.2) is 5.58 Å². The van der Waals surface area contributed by atoms with Crippen molar-refractivity contribution in [3.05, 3.63) is 224 Å².